The van der Waals surface area contributed by atoms with Crippen molar-refractivity contribution in [2.75, 3.05) is 19.6 Å². The second kappa shape index (κ2) is 7.37. The SMILES string of the molecule is Cn1ccc(CCNC(=O)N2CCCC3(CCCCC3)CC2)n1. The van der Waals surface area contributed by atoms with E-state index in [1.54, 1.807) is 4.68 Å². The van der Waals surface area contributed by atoms with E-state index in [1.165, 1.54) is 44.9 Å². The Hall–Kier alpha value is -1.52. The van der Waals surface area contributed by atoms with Crippen molar-refractivity contribution in [3.63, 3.8) is 0 Å². The van der Waals surface area contributed by atoms with Crippen molar-refractivity contribution in [2.45, 2.75) is 57.8 Å². The molecule has 1 saturated carbocycles. The van der Waals surface area contributed by atoms with Gasteiger partial charge in [0.05, 0.1) is 5.69 Å². The van der Waals surface area contributed by atoms with Gasteiger partial charge in [0, 0.05) is 39.3 Å². The van der Waals surface area contributed by atoms with Gasteiger partial charge >= 0.3 is 6.03 Å². The van der Waals surface area contributed by atoms with E-state index >= 15 is 0 Å². The number of hydrogen-bond donors (Lipinski definition) is 1. The number of urea groups is 1. The van der Waals surface area contributed by atoms with E-state index in [0.29, 0.717) is 12.0 Å². The van der Waals surface area contributed by atoms with E-state index in [0.717, 1.165) is 31.6 Å². The summed E-state index contributed by atoms with van der Waals surface area (Å²) in [6.07, 6.45) is 13.3. The van der Waals surface area contributed by atoms with Gasteiger partial charge in [-0.3, -0.25) is 4.68 Å². The standard InChI is InChI=1S/C18H30N4O/c1-21-14-7-16(20-21)6-12-19-17(23)22-13-5-10-18(11-15-22)8-3-2-4-9-18/h7,14H,2-6,8-13,15H2,1H3,(H,19,23). The first-order valence-corrected chi connectivity index (χ1v) is 9.18. The van der Waals surface area contributed by atoms with Crippen LogP contribution in [0.1, 0.15) is 57.1 Å². The topological polar surface area (TPSA) is 50.2 Å². The second-order valence-electron chi connectivity index (χ2n) is 7.36. The lowest BCUT2D eigenvalue weighted by atomic mass is 9.69. The van der Waals surface area contributed by atoms with Crippen LogP contribution in [0.25, 0.3) is 0 Å². The Morgan fingerprint density at radius 1 is 1.17 bits per heavy atom. The van der Waals surface area contributed by atoms with Gasteiger partial charge in [-0.15, -0.1) is 0 Å². The van der Waals surface area contributed by atoms with Crippen molar-refractivity contribution in [2.24, 2.45) is 12.5 Å². The highest BCUT2D eigenvalue weighted by Gasteiger charge is 2.34. The number of amides is 2. The first-order chi connectivity index (χ1) is 11.2. The number of carbonyl (C=O) groups is 1. The number of nitrogens with one attached hydrogen (secondary N) is 1. The molecule has 1 aliphatic carbocycles. The van der Waals surface area contributed by atoms with E-state index < -0.39 is 0 Å². The zero-order chi connectivity index (χ0) is 16.1. The average Bonchev–Trinajstić information content (AvgIpc) is 2.86. The third-order valence-electron chi connectivity index (χ3n) is 5.67. The van der Waals surface area contributed by atoms with Gasteiger partial charge in [0.1, 0.15) is 0 Å². The van der Waals surface area contributed by atoms with Gasteiger partial charge in [0.15, 0.2) is 0 Å². The van der Waals surface area contributed by atoms with Crippen molar-refractivity contribution >= 4 is 6.03 Å². The van der Waals surface area contributed by atoms with Crippen LogP contribution in [-0.4, -0.2) is 40.3 Å². The molecule has 0 bridgehead atoms. The molecule has 0 aromatic carbocycles. The molecule has 2 fully saturated rings. The van der Waals surface area contributed by atoms with E-state index in [9.17, 15) is 4.79 Å². The first-order valence-electron chi connectivity index (χ1n) is 9.18. The van der Waals surface area contributed by atoms with E-state index in [2.05, 4.69) is 10.4 Å². The van der Waals surface area contributed by atoms with Crippen molar-refractivity contribution in [3.8, 4) is 0 Å². The Morgan fingerprint density at radius 2 is 1.96 bits per heavy atom. The van der Waals surface area contributed by atoms with Gasteiger partial charge in [0.25, 0.3) is 0 Å². The number of aryl methyl sites for hydroxylation is 1. The largest absolute Gasteiger partial charge is 0.338 e. The summed E-state index contributed by atoms with van der Waals surface area (Å²) in [7, 11) is 1.92. The van der Waals surface area contributed by atoms with Crippen molar-refractivity contribution < 1.29 is 4.79 Å². The van der Waals surface area contributed by atoms with Gasteiger partial charge in [-0.1, -0.05) is 19.3 Å². The fourth-order valence-electron chi connectivity index (χ4n) is 4.26. The van der Waals surface area contributed by atoms with Gasteiger partial charge in [-0.25, -0.2) is 4.79 Å². The molecule has 1 saturated heterocycles. The van der Waals surface area contributed by atoms with Crippen LogP contribution in [0.15, 0.2) is 12.3 Å². The summed E-state index contributed by atoms with van der Waals surface area (Å²) in [6, 6.07) is 2.11. The Labute approximate surface area is 139 Å². The molecule has 0 atom stereocenters. The molecular weight excluding hydrogens is 288 g/mol. The lowest BCUT2D eigenvalue weighted by molar-refractivity contribution is 0.157. The van der Waals surface area contributed by atoms with Crippen LogP contribution >= 0.6 is 0 Å². The molecule has 1 spiro atoms. The maximum atomic E-state index is 12.4. The van der Waals surface area contributed by atoms with Crippen LogP contribution in [0.2, 0.25) is 0 Å². The fraction of sp³-hybridized carbons (Fsp3) is 0.778. The third kappa shape index (κ3) is 4.27. The van der Waals surface area contributed by atoms with Crippen LogP contribution < -0.4 is 5.32 Å². The van der Waals surface area contributed by atoms with Crippen LogP contribution in [-0.2, 0) is 13.5 Å². The molecule has 3 rings (SSSR count). The maximum Gasteiger partial charge on any atom is 0.317 e. The highest BCUT2D eigenvalue weighted by Crippen LogP contribution is 2.44. The van der Waals surface area contributed by atoms with Crippen LogP contribution in [0.3, 0.4) is 0 Å². The number of hydrogen-bond acceptors (Lipinski definition) is 2. The van der Waals surface area contributed by atoms with Crippen molar-refractivity contribution in [3.05, 3.63) is 18.0 Å². The molecule has 0 radical (unpaired) electrons. The van der Waals surface area contributed by atoms with Gasteiger partial charge in [-0.05, 0) is 43.6 Å². The monoisotopic (exact) mass is 318 g/mol. The molecule has 23 heavy (non-hydrogen) atoms. The highest BCUT2D eigenvalue weighted by atomic mass is 16.2. The van der Waals surface area contributed by atoms with Gasteiger partial charge < -0.3 is 10.2 Å². The molecule has 2 amide bonds. The Morgan fingerprint density at radius 3 is 2.70 bits per heavy atom. The predicted octanol–water partition coefficient (Wildman–Crippen LogP) is 3.11. The van der Waals surface area contributed by atoms with Crippen molar-refractivity contribution in [1.29, 1.82) is 0 Å². The Bertz CT molecular complexity index is 519. The molecule has 1 N–H and O–H groups in total. The summed E-state index contributed by atoms with van der Waals surface area (Å²) in [5.74, 6) is 0. The van der Waals surface area contributed by atoms with Crippen LogP contribution in [0.5, 0.6) is 0 Å². The number of likely N-dealkylation sites (tertiary alicyclic amines) is 1. The number of carbonyl (C=O) groups excluding carboxylic acids is 1. The fourth-order valence-corrected chi connectivity index (χ4v) is 4.26. The minimum atomic E-state index is 0.105. The lowest BCUT2D eigenvalue weighted by Gasteiger charge is -2.36. The molecule has 1 aliphatic heterocycles. The van der Waals surface area contributed by atoms with E-state index in [1.807, 2.05) is 24.2 Å². The van der Waals surface area contributed by atoms with Gasteiger partial charge in [-0.2, -0.15) is 5.10 Å². The second-order valence-corrected chi connectivity index (χ2v) is 7.36. The van der Waals surface area contributed by atoms with Gasteiger partial charge in [0.2, 0.25) is 0 Å². The highest BCUT2D eigenvalue weighted by molar-refractivity contribution is 5.74. The van der Waals surface area contributed by atoms with Crippen LogP contribution in [0.4, 0.5) is 4.79 Å². The quantitative estimate of drug-likeness (QED) is 0.931. The molecule has 2 aliphatic rings. The Kier molecular flexibility index (Phi) is 5.23. The molecule has 1 aromatic heterocycles. The van der Waals surface area contributed by atoms with E-state index in [-0.39, 0.29) is 6.03 Å². The normalized spacial score (nSPS) is 21.2. The summed E-state index contributed by atoms with van der Waals surface area (Å²) in [5.41, 5.74) is 1.58. The first kappa shape index (κ1) is 16.3. The molecule has 1 aromatic rings. The Balaban J connectivity index is 1.44. The molecule has 5 heteroatoms. The molecule has 0 unspecified atom stereocenters. The number of rotatable bonds is 3. The third-order valence-corrected chi connectivity index (χ3v) is 5.67. The summed E-state index contributed by atoms with van der Waals surface area (Å²) in [6.45, 7) is 2.50. The zero-order valence-corrected chi connectivity index (χ0v) is 14.4. The smallest absolute Gasteiger partial charge is 0.317 e. The summed E-state index contributed by atoms with van der Waals surface area (Å²) in [4.78, 5) is 14.4. The number of aromatic nitrogens is 2. The molecule has 128 valence electrons. The summed E-state index contributed by atoms with van der Waals surface area (Å²) >= 11 is 0. The lowest BCUT2D eigenvalue weighted by Crippen LogP contribution is -2.41. The minimum Gasteiger partial charge on any atom is -0.338 e. The predicted molar refractivity (Wildman–Crippen MR) is 91.3 cm³/mol. The zero-order valence-electron chi connectivity index (χ0n) is 14.4. The summed E-state index contributed by atoms with van der Waals surface area (Å²) < 4.78 is 1.80. The van der Waals surface area contributed by atoms with Crippen molar-refractivity contribution in [1.82, 2.24) is 20.0 Å². The average molecular weight is 318 g/mol. The van der Waals surface area contributed by atoms with E-state index in [4.69, 9.17) is 0 Å². The molecular formula is C18H30N4O. The summed E-state index contributed by atoms with van der Waals surface area (Å²) in [5, 5.41) is 7.41. The molecule has 5 nitrogen and oxygen atoms in total. The maximum absolute atomic E-state index is 12.4. The minimum absolute atomic E-state index is 0.105. The van der Waals surface area contributed by atoms with Crippen LogP contribution in [0, 0.1) is 5.41 Å². The number of nitrogens with zero attached hydrogens (tertiary/aromatic N) is 3. The molecule has 2 heterocycles.